The smallest absolute Gasteiger partial charge is 0.266 e. The average molecular weight is 353 g/mol. The van der Waals surface area contributed by atoms with Crippen molar-refractivity contribution < 1.29 is 4.74 Å². The first-order valence-corrected chi connectivity index (χ1v) is 8.98. The molecule has 0 aliphatic carbocycles. The molecular weight excluding hydrogens is 338 g/mol. The molecule has 8 heteroatoms. The summed E-state index contributed by atoms with van der Waals surface area (Å²) in [5, 5.41) is 5.48. The van der Waals surface area contributed by atoms with Gasteiger partial charge in [-0.15, -0.1) is 5.10 Å². The van der Waals surface area contributed by atoms with Crippen molar-refractivity contribution in [3.05, 3.63) is 53.1 Å². The van der Waals surface area contributed by atoms with Gasteiger partial charge in [-0.05, 0) is 43.5 Å². The maximum atomic E-state index is 12.9. The third-order valence-corrected chi connectivity index (χ3v) is 4.36. The van der Waals surface area contributed by atoms with Gasteiger partial charge >= 0.3 is 0 Å². The monoisotopic (exact) mass is 353 g/mol. The average Bonchev–Trinajstić information content (AvgIpc) is 3.07. The normalized spacial score (nSPS) is 11.3. The molecular formula is C17H15N5O2S. The Balaban J connectivity index is 1.87. The van der Waals surface area contributed by atoms with Crippen molar-refractivity contribution in [1.29, 1.82) is 0 Å². The molecule has 0 atom stereocenters. The first-order chi connectivity index (χ1) is 12.2. The van der Waals surface area contributed by atoms with Crippen molar-refractivity contribution in [2.24, 2.45) is 0 Å². The predicted octanol–water partition coefficient (Wildman–Crippen LogP) is 2.55. The van der Waals surface area contributed by atoms with E-state index in [0.717, 1.165) is 11.4 Å². The number of aromatic nitrogens is 5. The minimum absolute atomic E-state index is 0.155. The van der Waals surface area contributed by atoms with E-state index in [-0.39, 0.29) is 5.56 Å². The lowest BCUT2D eigenvalue weighted by Gasteiger charge is -2.09. The van der Waals surface area contributed by atoms with Crippen molar-refractivity contribution in [1.82, 2.24) is 24.1 Å². The molecule has 7 nitrogen and oxygen atoms in total. The van der Waals surface area contributed by atoms with E-state index >= 15 is 0 Å². The second-order valence-electron chi connectivity index (χ2n) is 5.29. The maximum absolute atomic E-state index is 12.9. The van der Waals surface area contributed by atoms with Crippen LogP contribution in [0.2, 0.25) is 0 Å². The Labute approximate surface area is 147 Å². The van der Waals surface area contributed by atoms with Crippen LogP contribution < -0.4 is 10.3 Å². The van der Waals surface area contributed by atoms with Gasteiger partial charge in [0.15, 0.2) is 0 Å². The number of hydrogen-bond donors (Lipinski definition) is 0. The van der Waals surface area contributed by atoms with E-state index in [1.54, 1.807) is 21.5 Å². The summed E-state index contributed by atoms with van der Waals surface area (Å²) < 4.78 is 8.62. The zero-order chi connectivity index (χ0) is 17.4. The molecule has 0 aliphatic rings. The van der Waals surface area contributed by atoms with Crippen LogP contribution in [0.25, 0.3) is 22.4 Å². The van der Waals surface area contributed by atoms with Gasteiger partial charge in [0, 0.05) is 18.1 Å². The van der Waals surface area contributed by atoms with Gasteiger partial charge < -0.3 is 4.74 Å². The van der Waals surface area contributed by atoms with Crippen LogP contribution in [0.3, 0.4) is 0 Å². The summed E-state index contributed by atoms with van der Waals surface area (Å²) in [6.45, 7) is 2.54. The van der Waals surface area contributed by atoms with Gasteiger partial charge in [0.1, 0.15) is 5.75 Å². The number of fused-ring (bicyclic) bond motifs is 3. The van der Waals surface area contributed by atoms with Crippen molar-refractivity contribution in [3.63, 3.8) is 0 Å². The van der Waals surface area contributed by atoms with Crippen LogP contribution in [0, 0.1) is 0 Å². The molecule has 0 aliphatic heterocycles. The number of rotatable bonds is 4. The van der Waals surface area contributed by atoms with E-state index in [1.165, 1.54) is 11.8 Å². The Morgan fingerprint density at radius 2 is 2.00 bits per heavy atom. The molecule has 0 radical (unpaired) electrons. The molecule has 0 unspecified atom stereocenters. The number of ether oxygens (including phenoxy) is 1. The molecule has 1 aromatic carbocycles. The number of benzene rings is 1. The zero-order valence-electron chi connectivity index (χ0n) is 13.7. The number of hydrogen-bond acceptors (Lipinski definition) is 6. The van der Waals surface area contributed by atoms with E-state index in [2.05, 4.69) is 15.1 Å². The summed E-state index contributed by atoms with van der Waals surface area (Å²) in [4.78, 5) is 21.4. The van der Waals surface area contributed by atoms with Crippen molar-refractivity contribution in [3.8, 4) is 11.4 Å². The molecule has 3 aromatic heterocycles. The van der Waals surface area contributed by atoms with Gasteiger partial charge in [0.05, 0.1) is 17.5 Å². The lowest BCUT2D eigenvalue weighted by Crippen LogP contribution is -2.18. The van der Waals surface area contributed by atoms with E-state index in [4.69, 9.17) is 4.74 Å². The second kappa shape index (κ2) is 6.21. The van der Waals surface area contributed by atoms with Gasteiger partial charge in [-0.3, -0.25) is 9.36 Å². The molecule has 0 amide bonds. The molecule has 126 valence electrons. The molecule has 0 spiro atoms. The van der Waals surface area contributed by atoms with Crippen LogP contribution in [0.1, 0.15) is 6.92 Å². The Morgan fingerprint density at radius 3 is 2.72 bits per heavy atom. The highest BCUT2D eigenvalue weighted by Crippen LogP contribution is 2.17. The fraction of sp³-hybridized carbons (Fsp3) is 0.176. The largest absolute Gasteiger partial charge is 0.494 e. The van der Waals surface area contributed by atoms with Crippen LogP contribution in [0.4, 0.5) is 0 Å². The molecule has 3 heterocycles. The summed E-state index contributed by atoms with van der Waals surface area (Å²) in [6, 6.07) is 9.25. The summed E-state index contributed by atoms with van der Waals surface area (Å²) in [6.07, 6.45) is 5.19. The van der Waals surface area contributed by atoms with E-state index < -0.39 is 0 Å². The zero-order valence-corrected chi connectivity index (χ0v) is 14.5. The highest BCUT2D eigenvalue weighted by atomic mass is 32.2. The SMILES string of the molecule is CCOc1ccc(-n2ccc3c(cnc4nc(SC)nn43)c2=O)cc1. The van der Waals surface area contributed by atoms with Gasteiger partial charge in [0.25, 0.3) is 11.3 Å². The summed E-state index contributed by atoms with van der Waals surface area (Å²) in [7, 11) is 0. The van der Waals surface area contributed by atoms with E-state index in [1.807, 2.05) is 43.5 Å². The van der Waals surface area contributed by atoms with Crippen LogP contribution in [0.5, 0.6) is 5.75 Å². The van der Waals surface area contributed by atoms with Crippen molar-refractivity contribution in [2.75, 3.05) is 12.9 Å². The highest BCUT2D eigenvalue weighted by Gasteiger charge is 2.11. The fourth-order valence-electron chi connectivity index (χ4n) is 2.66. The van der Waals surface area contributed by atoms with Gasteiger partial charge in [-0.25, -0.2) is 4.98 Å². The van der Waals surface area contributed by atoms with Crippen LogP contribution >= 0.6 is 11.8 Å². The third kappa shape index (κ3) is 2.64. The van der Waals surface area contributed by atoms with Crippen LogP contribution in [-0.4, -0.2) is 37.0 Å². The van der Waals surface area contributed by atoms with Crippen LogP contribution in [-0.2, 0) is 0 Å². The summed E-state index contributed by atoms with van der Waals surface area (Å²) in [5.41, 5.74) is 1.29. The minimum Gasteiger partial charge on any atom is -0.494 e. The second-order valence-corrected chi connectivity index (χ2v) is 6.06. The Kier molecular flexibility index (Phi) is 3.89. The first kappa shape index (κ1) is 15.6. The quantitative estimate of drug-likeness (QED) is 0.525. The minimum atomic E-state index is -0.155. The van der Waals surface area contributed by atoms with Crippen molar-refractivity contribution in [2.45, 2.75) is 12.1 Å². The molecule has 25 heavy (non-hydrogen) atoms. The molecule has 0 bridgehead atoms. The molecule has 0 saturated heterocycles. The first-order valence-electron chi connectivity index (χ1n) is 7.75. The lowest BCUT2D eigenvalue weighted by atomic mass is 10.2. The standard InChI is InChI=1S/C17H15N5O2S/c1-3-24-12-6-4-11(5-7-12)21-9-8-14-13(15(21)23)10-18-16-19-17(25-2)20-22(14)16/h4-10H,3H2,1-2H3. The molecule has 0 fully saturated rings. The topological polar surface area (TPSA) is 74.3 Å². The molecule has 0 saturated carbocycles. The summed E-state index contributed by atoms with van der Waals surface area (Å²) >= 11 is 1.43. The number of pyridine rings is 1. The Hall–Kier alpha value is -2.87. The Morgan fingerprint density at radius 1 is 1.20 bits per heavy atom. The molecule has 0 N–H and O–H groups in total. The third-order valence-electron chi connectivity index (χ3n) is 3.82. The fourth-order valence-corrected chi connectivity index (χ4v) is 3.00. The van der Waals surface area contributed by atoms with Crippen molar-refractivity contribution >= 4 is 28.4 Å². The summed E-state index contributed by atoms with van der Waals surface area (Å²) in [5.74, 6) is 1.26. The lowest BCUT2D eigenvalue weighted by molar-refractivity contribution is 0.340. The maximum Gasteiger partial charge on any atom is 0.266 e. The Bertz CT molecular complexity index is 1120. The van der Waals surface area contributed by atoms with Gasteiger partial charge in [-0.1, -0.05) is 11.8 Å². The number of nitrogens with zero attached hydrogens (tertiary/aromatic N) is 5. The number of thioether (sulfide) groups is 1. The predicted molar refractivity (Wildman–Crippen MR) is 96.8 cm³/mol. The van der Waals surface area contributed by atoms with E-state index in [9.17, 15) is 4.79 Å². The van der Waals surface area contributed by atoms with E-state index in [0.29, 0.717) is 28.4 Å². The molecule has 4 aromatic rings. The highest BCUT2D eigenvalue weighted by molar-refractivity contribution is 7.98. The van der Waals surface area contributed by atoms with Gasteiger partial charge in [0.2, 0.25) is 5.16 Å². The van der Waals surface area contributed by atoms with Crippen LogP contribution in [0.15, 0.2) is 52.7 Å². The molecule has 4 rings (SSSR count). The van der Waals surface area contributed by atoms with Gasteiger partial charge in [-0.2, -0.15) is 9.50 Å².